The molecule has 1 aromatic rings. The van der Waals surface area contributed by atoms with E-state index in [-0.39, 0.29) is 18.1 Å². The highest BCUT2D eigenvalue weighted by Gasteiger charge is 2.42. The van der Waals surface area contributed by atoms with Crippen LogP contribution in [0.5, 0.6) is 0 Å². The Bertz CT molecular complexity index is 510. The van der Waals surface area contributed by atoms with Gasteiger partial charge >= 0.3 is 0 Å². The summed E-state index contributed by atoms with van der Waals surface area (Å²) < 4.78 is 11.3. The van der Waals surface area contributed by atoms with E-state index in [9.17, 15) is 4.79 Å². The number of hydrogen-bond donors (Lipinski definition) is 0. The molecule has 1 amide bonds. The van der Waals surface area contributed by atoms with Gasteiger partial charge in [0.25, 0.3) is 5.91 Å². The molecule has 0 aliphatic carbocycles. The van der Waals surface area contributed by atoms with Crippen LogP contribution >= 0.6 is 0 Å². The van der Waals surface area contributed by atoms with Crippen LogP contribution in [-0.2, 0) is 16.1 Å². The second-order valence-corrected chi connectivity index (χ2v) is 6.73. The molecule has 0 bridgehead atoms. The summed E-state index contributed by atoms with van der Waals surface area (Å²) in [5, 5.41) is 0. The van der Waals surface area contributed by atoms with Crippen molar-refractivity contribution < 1.29 is 13.9 Å². The van der Waals surface area contributed by atoms with Gasteiger partial charge in [-0.05, 0) is 38.2 Å². The molecule has 0 saturated carbocycles. The van der Waals surface area contributed by atoms with Gasteiger partial charge in [0.2, 0.25) is 0 Å². The van der Waals surface area contributed by atoms with Crippen molar-refractivity contribution in [2.45, 2.75) is 56.9 Å². The highest BCUT2D eigenvalue weighted by atomic mass is 16.5. The maximum absolute atomic E-state index is 12.5. The van der Waals surface area contributed by atoms with Gasteiger partial charge in [-0.2, -0.15) is 0 Å². The number of carbonyl (C=O) groups excluding carboxylic acids is 1. The second-order valence-electron chi connectivity index (χ2n) is 6.73. The molecule has 3 aliphatic rings. The largest absolute Gasteiger partial charge is 0.472 e. The second kappa shape index (κ2) is 6.05. The summed E-state index contributed by atoms with van der Waals surface area (Å²) in [5.41, 5.74) is 1.22. The van der Waals surface area contributed by atoms with Crippen LogP contribution in [0.2, 0.25) is 0 Å². The summed E-state index contributed by atoms with van der Waals surface area (Å²) in [6.45, 7) is 3.80. The molecule has 0 unspecified atom stereocenters. The van der Waals surface area contributed by atoms with Crippen molar-refractivity contribution in [2.75, 3.05) is 19.6 Å². The fourth-order valence-corrected chi connectivity index (χ4v) is 4.15. The van der Waals surface area contributed by atoms with E-state index in [4.69, 9.17) is 9.15 Å². The van der Waals surface area contributed by atoms with Gasteiger partial charge in [-0.1, -0.05) is 0 Å². The van der Waals surface area contributed by atoms with Gasteiger partial charge in [-0.25, -0.2) is 0 Å². The summed E-state index contributed by atoms with van der Waals surface area (Å²) in [7, 11) is 0. The molecule has 4 rings (SSSR count). The average Bonchev–Trinajstić information content (AvgIpc) is 3.29. The zero-order chi connectivity index (χ0) is 14.9. The number of hydrogen-bond acceptors (Lipinski definition) is 4. The minimum atomic E-state index is -0.201. The zero-order valence-electron chi connectivity index (χ0n) is 12.9. The van der Waals surface area contributed by atoms with Crippen LogP contribution in [0.3, 0.4) is 0 Å². The number of nitrogens with zero attached hydrogens (tertiary/aromatic N) is 2. The number of furan rings is 1. The van der Waals surface area contributed by atoms with Crippen LogP contribution in [0, 0.1) is 0 Å². The lowest BCUT2D eigenvalue weighted by molar-refractivity contribution is -0.153. The number of carbonyl (C=O) groups is 1. The lowest BCUT2D eigenvalue weighted by atomic mass is 9.98. The molecule has 0 aromatic carbocycles. The number of ether oxygens (including phenoxy) is 1. The molecule has 5 heteroatoms. The highest BCUT2D eigenvalue weighted by Crippen LogP contribution is 2.33. The zero-order valence-corrected chi connectivity index (χ0v) is 12.9. The monoisotopic (exact) mass is 304 g/mol. The Morgan fingerprint density at radius 3 is 2.82 bits per heavy atom. The Hall–Kier alpha value is -1.33. The van der Waals surface area contributed by atoms with Crippen LogP contribution < -0.4 is 0 Å². The van der Waals surface area contributed by atoms with Crippen molar-refractivity contribution in [3.8, 4) is 0 Å². The third-order valence-corrected chi connectivity index (χ3v) is 5.32. The van der Waals surface area contributed by atoms with Gasteiger partial charge in [0, 0.05) is 37.8 Å². The summed E-state index contributed by atoms with van der Waals surface area (Å²) in [4.78, 5) is 17.0. The molecule has 0 radical (unpaired) electrons. The van der Waals surface area contributed by atoms with E-state index >= 15 is 0 Å². The SMILES string of the molecule is O=C([C@@H]1CC[C@@H]2[C@@H](CCN2Cc2ccoc2)O1)N1CCCC1. The molecule has 4 heterocycles. The molecule has 22 heavy (non-hydrogen) atoms. The first-order valence-electron chi connectivity index (χ1n) is 8.50. The Labute approximate surface area is 131 Å². The van der Waals surface area contributed by atoms with Crippen LogP contribution in [0.1, 0.15) is 37.7 Å². The minimum Gasteiger partial charge on any atom is -0.472 e. The number of likely N-dealkylation sites (tertiary alicyclic amines) is 2. The van der Waals surface area contributed by atoms with Crippen molar-refractivity contribution in [2.24, 2.45) is 0 Å². The normalized spacial score (nSPS) is 32.4. The van der Waals surface area contributed by atoms with Gasteiger partial charge in [0.1, 0.15) is 6.10 Å². The molecule has 0 N–H and O–H groups in total. The topological polar surface area (TPSA) is 45.9 Å². The van der Waals surface area contributed by atoms with E-state index < -0.39 is 0 Å². The lowest BCUT2D eigenvalue weighted by Gasteiger charge is -2.36. The van der Waals surface area contributed by atoms with E-state index in [1.165, 1.54) is 5.56 Å². The Balaban J connectivity index is 1.36. The van der Waals surface area contributed by atoms with Crippen molar-refractivity contribution >= 4 is 5.91 Å². The first-order valence-corrected chi connectivity index (χ1v) is 8.50. The van der Waals surface area contributed by atoms with Crippen LogP contribution in [0.15, 0.2) is 23.0 Å². The fraction of sp³-hybridized carbons (Fsp3) is 0.706. The molecule has 3 atom stereocenters. The third-order valence-electron chi connectivity index (χ3n) is 5.32. The maximum Gasteiger partial charge on any atom is 0.251 e. The first-order chi connectivity index (χ1) is 10.8. The molecular weight excluding hydrogens is 280 g/mol. The van der Waals surface area contributed by atoms with Crippen LogP contribution in [0.4, 0.5) is 0 Å². The standard InChI is InChI=1S/C17H24N2O3/c20-17(18-7-1-2-8-18)16-4-3-14-15(22-16)5-9-19(14)11-13-6-10-21-12-13/h6,10,12,14-16H,1-5,7-9,11H2/t14-,15-,16+/m1/s1. The lowest BCUT2D eigenvalue weighted by Crippen LogP contribution is -2.48. The predicted octanol–water partition coefficient (Wildman–Crippen LogP) is 2.02. The molecule has 3 saturated heterocycles. The first kappa shape index (κ1) is 14.3. The average molecular weight is 304 g/mol. The fourth-order valence-electron chi connectivity index (χ4n) is 4.15. The Kier molecular flexibility index (Phi) is 3.92. The van der Waals surface area contributed by atoms with Crippen molar-refractivity contribution in [3.63, 3.8) is 0 Å². The molecule has 3 aliphatic heterocycles. The number of fused-ring (bicyclic) bond motifs is 1. The third kappa shape index (κ3) is 2.68. The Morgan fingerprint density at radius 2 is 2.05 bits per heavy atom. The summed E-state index contributed by atoms with van der Waals surface area (Å²) in [6, 6.07) is 2.48. The Morgan fingerprint density at radius 1 is 1.18 bits per heavy atom. The molecule has 120 valence electrons. The smallest absolute Gasteiger partial charge is 0.251 e. The summed E-state index contributed by atoms with van der Waals surface area (Å²) in [6.07, 6.45) is 8.80. The molecule has 3 fully saturated rings. The molecule has 5 nitrogen and oxygen atoms in total. The van der Waals surface area contributed by atoms with E-state index in [1.54, 1.807) is 6.26 Å². The van der Waals surface area contributed by atoms with Gasteiger partial charge in [0.15, 0.2) is 0 Å². The highest BCUT2D eigenvalue weighted by molar-refractivity contribution is 5.81. The van der Waals surface area contributed by atoms with Crippen LogP contribution in [0.25, 0.3) is 0 Å². The molecule has 1 aromatic heterocycles. The van der Waals surface area contributed by atoms with Crippen molar-refractivity contribution in [1.82, 2.24) is 9.80 Å². The van der Waals surface area contributed by atoms with Crippen molar-refractivity contribution in [1.29, 1.82) is 0 Å². The molecule has 0 spiro atoms. The number of amides is 1. The maximum atomic E-state index is 12.5. The van der Waals surface area contributed by atoms with E-state index in [0.29, 0.717) is 6.04 Å². The van der Waals surface area contributed by atoms with Crippen LogP contribution in [-0.4, -0.2) is 53.6 Å². The van der Waals surface area contributed by atoms with Gasteiger partial charge in [0.05, 0.1) is 18.6 Å². The predicted molar refractivity (Wildman–Crippen MR) is 81.2 cm³/mol. The minimum absolute atomic E-state index is 0.201. The van der Waals surface area contributed by atoms with E-state index in [1.807, 2.05) is 17.2 Å². The van der Waals surface area contributed by atoms with Crippen molar-refractivity contribution in [3.05, 3.63) is 24.2 Å². The van der Waals surface area contributed by atoms with Gasteiger partial charge < -0.3 is 14.1 Å². The quantitative estimate of drug-likeness (QED) is 0.857. The van der Waals surface area contributed by atoms with E-state index in [2.05, 4.69) is 4.90 Å². The number of rotatable bonds is 3. The van der Waals surface area contributed by atoms with Gasteiger partial charge in [-0.3, -0.25) is 9.69 Å². The summed E-state index contributed by atoms with van der Waals surface area (Å²) >= 11 is 0. The molecular formula is C17H24N2O3. The van der Waals surface area contributed by atoms with E-state index in [0.717, 1.165) is 58.3 Å². The van der Waals surface area contributed by atoms with Gasteiger partial charge in [-0.15, -0.1) is 0 Å². The summed E-state index contributed by atoms with van der Waals surface area (Å²) in [5.74, 6) is 0.226.